The van der Waals surface area contributed by atoms with E-state index in [0.29, 0.717) is 18.0 Å². The van der Waals surface area contributed by atoms with E-state index in [1.807, 2.05) is 13.0 Å². The minimum Gasteiger partial charge on any atom is -0.481 e. The molecule has 21 heavy (non-hydrogen) atoms. The maximum absolute atomic E-state index is 11.9. The third kappa shape index (κ3) is 3.60. The summed E-state index contributed by atoms with van der Waals surface area (Å²) in [6.45, 7) is 4.40. The summed E-state index contributed by atoms with van der Waals surface area (Å²) in [4.78, 5) is 37.7. The minimum absolute atomic E-state index is 0.00194. The van der Waals surface area contributed by atoms with Gasteiger partial charge in [-0.25, -0.2) is 0 Å². The first-order valence-corrected chi connectivity index (χ1v) is 7.55. The SMILES string of the molecule is Cc1ccc(C(=O)NCC(=O)N2CC(C(C)C(=O)O)C2)s1. The molecule has 1 aliphatic heterocycles. The number of aliphatic carboxylic acids is 1. The maximum Gasteiger partial charge on any atom is 0.306 e. The Morgan fingerprint density at radius 2 is 2.10 bits per heavy atom. The van der Waals surface area contributed by atoms with E-state index < -0.39 is 11.9 Å². The van der Waals surface area contributed by atoms with E-state index in [4.69, 9.17) is 5.11 Å². The number of rotatable bonds is 5. The monoisotopic (exact) mass is 310 g/mol. The second kappa shape index (κ2) is 6.26. The van der Waals surface area contributed by atoms with Crippen LogP contribution in [0.3, 0.4) is 0 Å². The Labute approximate surface area is 126 Å². The normalized spacial score (nSPS) is 16.2. The molecule has 0 aromatic carbocycles. The predicted molar refractivity (Wildman–Crippen MR) is 78.3 cm³/mol. The number of nitrogens with one attached hydrogen (secondary N) is 1. The van der Waals surface area contributed by atoms with E-state index in [2.05, 4.69) is 5.32 Å². The Balaban J connectivity index is 1.74. The number of hydrogen-bond acceptors (Lipinski definition) is 4. The average Bonchev–Trinajstić information content (AvgIpc) is 2.80. The fraction of sp³-hybridized carbons (Fsp3) is 0.500. The topological polar surface area (TPSA) is 86.7 Å². The van der Waals surface area contributed by atoms with Crippen LogP contribution in [0, 0.1) is 18.8 Å². The van der Waals surface area contributed by atoms with Crippen molar-refractivity contribution >= 4 is 29.1 Å². The molecular weight excluding hydrogens is 292 g/mol. The molecular formula is C14H18N2O4S. The van der Waals surface area contributed by atoms with Crippen molar-refractivity contribution < 1.29 is 19.5 Å². The van der Waals surface area contributed by atoms with Gasteiger partial charge in [0.2, 0.25) is 5.91 Å². The van der Waals surface area contributed by atoms with Crippen LogP contribution in [0.1, 0.15) is 21.5 Å². The molecule has 1 aliphatic rings. The van der Waals surface area contributed by atoms with Gasteiger partial charge in [-0.2, -0.15) is 0 Å². The molecule has 6 nitrogen and oxygen atoms in total. The zero-order valence-electron chi connectivity index (χ0n) is 12.0. The zero-order valence-corrected chi connectivity index (χ0v) is 12.8. The summed E-state index contributed by atoms with van der Waals surface area (Å²) in [6, 6.07) is 3.59. The van der Waals surface area contributed by atoms with E-state index in [-0.39, 0.29) is 24.3 Å². The standard InChI is InChI=1S/C14H18N2O4S/c1-8-3-4-11(21-8)13(18)15-5-12(17)16-6-10(7-16)9(2)14(19)20/h3-4,9-10H,5-7H2,1-2H3,(H,15,18)(H,19,20). The highest BCUT2D eigenvalue weighted by Crippen LogP contribution is 2.23. The third-order valence-electron chi connectivity index (χ3n) is 3.72. The Hall–Kier alpha value is -1.89. The summed E-state index contributed by atoms with van der Waals surface area (Å²) < 4.78 is 0. The highest BCUT2D eigenvalue weighted by atomic mass is 32.1. The summed E-state index contributed by atoms with van der Waals surface area (Å²) in [6.07, 6.45) is 0. The Bertz CT molecular complexity index is 563. The summed E-state index contributed by atoms with van der Waals surface area (Å²) in [7, 11) is 0. The summed E-state index contributed by atoms with van der Waals surface area (Å²) in [5.41, 5.74) is 0. The number of carbonyl (C=O) groups is 3. The molecule has 7 heteroatoms. The fourth-order valence-electron chi connectivity index (χ4n) is 2.15. The number of carboxylic acid groups (broad SMARTS) is 1. The van der Waals surface area contributed by atoms with E-state index in [1.54, 1.807) is 17.9 Å². The van der Waals surface area contributed by atoms with E-state index in [1.165, 1.54) is 11.3 Å². The van der Waals surface area contributed by atoms with E-state index in [9.17, 15) is 14.4 Å². The zero-order chi connectivity index (χ0) is 15.6. The molecule has 2 amide bonds. The molecule has 1 fully saturated rings. The number of aryl methyl sites for hydroxylation is 1. The van der Waals surface area contributed by atoms with Crippen LogP contribution in [0.15, 0.2) is 12.1 Å². The number of likely N-dealkylation sites (tertiary alicyclic amines) is 1. The van der Waals surface area contributed by atoms with Crippen LogP contribution in [0.5, 0.6) is 0 Å². The van der Waals surface area contributed by atoms with Gasteiger partial charge < -0.3 is 15.3 Å². The van der Waals surface area contributed by atoms with Crippen molar-refractivity contribution in [2.45, 2.75) is 13.8 Å². The van der Waals surface area contributed by atoms with Gasteiger partial charge in [-0.15, -0.1) is 11.3 Å². The lowest BCUT2D eigenvalue weighted by molar-refractivity contribution is -0.150. The molecule has 1 aromatic rings. The molecule has 114 valence electrons. The molecule has 2 heterocycles. The van der Waals surface area contributed by atoms with Crippen LogP contribution in [0.4, 0.5) is 0 Å². The molecule has 1 unspecified atom stereocenters. The van der Waals surface area contributed by atoms with Crippen molar-refractivity contribution in [3.63, 3.8) is 0 Å². The molecule has 1 atom stereocenters. The molecule has 1 aromatic heterocycles. The first-order chi connectivity index (χ1) is 9.88. The molecule has 2 rings (SSSR count). The second-order valence-corrected chi connectivity index (χ2v) is 6.57. The number of hydrogen-bond donors (Lipinski definition) is 2. The van der Waals surface area contributed by atoms with Crippen LogP contribution in [-0.2, 0) is 9.59 Å². The van der Waals surface area contributed by atoms with Gasteiger partial charge in [0.05, 0.1) is 17.3 Å². The lowest BCUT2D eigenvalue weighted by atomic mass is 9.87. The van der Waals surface area contributed by atoms with Gasteiger partial charge in [0, 0.05) is 23.9 Å². The first-order valence-electron chi connectivity index (χ1n) is 6.73. The first kappa shape index (κ1) is 15.5. The Morgan fingerprint density at radius 1 is 1.43 bits per heavy atom. The number of thiophene rings is 1. The van der Waals surface area contributed by atoms with Crippen LogP contribution in [0.25, 0.3) is 0 Å². The third-order valence-corrected chi connectivity index (χ3v) is 4.72. The van der Waals surface area contributed by atoms with Crippen molar-refractivity contribution in [2.75, 3.05) is 19.6 Å². The summed E-state index contributed by atoms with van der Waals surface area (Å²) >= 11 is 1.38. The van der Waals surface area contributed by atoms with Crippen LogP contribution >= 0.6 is 11.3 Å². The largest absolute Gasteiger partial charge is 0.481 e. The fourth-order valence-corrected chi connectivity index (χ4v) is 2.93. The lowest BCUT2D eigenvalue weighted by Crippen LogP contribution is -2.55. The van der Waals surface area contributed by atoms with E-state index >= 15 is 0 Å². The van der Waals surface area contributed by atoms with Crippen molar-refractivity contribution in [1.29, 1.82) is 0 Å². The average molecular weight is 310 g/mol. The quantitative estimate of drug-likeness (QED) is 0.848. The van der Waals surface area contributed by atoms with Crippen LogP contribution in [-0.4, -0.2) is 47.4 Å². The van der Waals surface area contributed by atoms with Gasteiger partial charge in [0.25, 0.3) is 5.91 Å². The second-order valence-electron chi connectivity index (χ2n) is 5.28. The van der Waals surface area contributed by atoms with Crippen molar-refractivity contribution in [1.82, 2.24) is 10.2 Å². The molecule has 1 saturated heterocycles. The molecule has 0 bridgehead atoms. The highest BCUT2D eigenvalue weighted by molar-refractivity contribution is 7.13. The molecule has 0 saturated carbocycles. The number of nitrogens with zero attached hydrogens (tertiary/aromatic N) is 1. The van der Waals surface area contributed by atoms with Crippen molar-refractivity contribution in [2.24, 2.45) is 11.8 Å². The Morgan fingerprint density at radius 3 is 2.62 bits per heavy atom. The van der Waals surface area contributed by atoms with Gasteiger partial charge in [-0.05, 0) is 19.1 Å². The number of amides is 2. The molecule has 0 spiro atoms. The van der Waals surface area contributed by atoms with Gasteiger partial charge in [0.15, 0.2) is 0 Å². The van der Waals surface area contributed by atoms with Gasteiger partial charge in [-0.1, -0.05) is 6.92 Å². The van der Waals surface area contributed by atoms with Crippen molar-refractivity contribution in [3.05, 3.63) is 21.9 Å². The van der Waals surface area contributed by atoms with Crippen LogP contribution in [0.2, 0.25) is 0 Å². The summed E-state index contributed by atoms with van der Waals surface area (Å²) in [5, 5.41) is 11.5. The molecule has 2 N–H and O–H groups in total. The maximum atomic E-state index is 11.9. The lowest BCUT2D eigenvalue weighted by Gasteiger charge is -2.41. The summed E-state index contributed by atoms with van der Waals surface area (Å²) in [5.74, 6) is -1.71. The smallest absolute Gasteiger partial charge is 0.306 e. The Kier molecular flexibility index (Phi) is 4.62. The molecule has 0 aliphatic carbocycles. The van der Waals surface area contributed by atoms with Gasteiger partial charge in [0.1, 0.15) is 0 Å². The number of carboxylic acids is 1. The number of carbonyl (C=O) groups excluding carboxylic acids is 2. The predicted octanol–water partition coefficient (Wildman–Crippen LogP) is 0.965. The minimum atomic E-state index is -0.839. The van der Waals surface area contributed by atoms with Crippen molar-refractivity contribution in [3.8, 4) is 0 Å². The van der Waals surface area contributed by atoms with Crippen LogP contribution < -0.4 is 5.32 Å². The van der Waals surface area contributed by atoms with Gasteiger partial charge in [-0.3, -0.25) is 14.4 Å². The molecule has 0 radical (unpaired) electrons. The highest BCUT2D eigenvalue weighted by Gasteiger charge is 2.36. The van der Waals surface area contributed by atoms with Gasteiger partial charge >= 0.3 is 5.97 Å². The van der Waals surface area contributed by atoms with E-state index in [0.717, 1.165) is 4.88 Å².